The van der Waals surface area contributed by atoms with Crippen molar-refractivity contribution in [1.82, 2.24) is 20.3 Å². The van der Waals surface area contributed by atoms with E-state index in [1.807, 2.05) is 41.0 Å². The molecule has 3 aromatic rings. The van der Waals surface area contributed by atoms with Crippen LogP contribution in [0.5, 0.6) is 0 Å². The van der Waals surface area contributed by atoms with Crippen molar-refractivity contribution in [3.63, 3.8) is 0 Å². The number of carbonyl (C=O) groups excluding carboxylic acids is 2. The third-order valence-electron chi connectivity index (χ3n) is 5.86. The molecule has 1 aliphatic rings. The first-order valence-corrected chi connectivity index (χ1v) is 10.8. The fraction of sp³-hybridized carbons (Fsp3) is 0.375. The summed E-state index contributed by atoms with van der Waals surface area (Å²) in [5, 5.41) is 11.8. The molecule has 2 aromatic carbocycles. The average molecular weight is 455 g/mol. The van der Waals surface area contributed by atoms with E-state index in [0.717, 1.165) is 16.6 Å². The number of hydrogen-bond donors (Lipinski definition) is 3. The summed E-state index contributed by atoms with van der Waals surface area (Å²) in [6.45, 7) is 3.93. The summed E-state index contributed by atoms with van der Waals surface area (Å²) in [7, 11) is 0. The first-order chi connectivity index (χ1) is 15.8. The molecular weight excluding hydrogens is 427 g/mol. The van der Waals surface area contributed by atoms with E-state index in [1.165, 1.54) is 13.8 Å². The molecule has 0 unspecified atom stereocenters. The molecule has 0 saturated carbocycles. The second kappa shape index (κ2) is 9.29. The zero-order valence-corrected chi connectivity index (χ0v) is 18.5. The number of para-hydroxylation sites is 2. The van der Waals surface area contributed by atoms with Crippen LogP contribution < -0.4 is 10.8 Å². The van der Waals surface area contributed by atoms with Crippen LogP contribution in [0.15, 0.2) is 48.5 Å². The van der Waals surface area contributed by atoms with Gasteiger partial charge in [0.25, 0.3) is 11.8 Å². The molecule has 0 radical (unpaired) electrons. The molecule has 1 aliphatic heterocycles. The van der Waals surface area contributed by atoms with E-state index in [0.29, 0.717) is 31.0 Å². The number of halogens is 1. The van der Waals surface area contributed by atoms with Crippen molar-refractivity contribution < 1.29 is 23.9 Å². The summed E-state index contributed by atoms with van der Waals surface area (Å²) in [6, 6.07) is 14.1. The van der Waals surface area contributed by atoms with Crippen LogP contribution in [0, 0.1) is 5.92 Å². The summed E-state index contributed by atoms with van der Waals surface area (Å²) in [5.74, 6) is -1.22. The van der Waals surface area contributed by atoms with Gasteiger partial charge >= 0.3 is 0 Å². The van der Waals surface area contributed by atoms with Gasteiger partial charge in [-0.2, -0.15) is 0 Å². The number of benzene rings is 2. The number of amides is 2. The van der Waals surface area contributed by atoms with Crippen LogP contribution >= 0.6 is 0 Å². The van der Waals surface area contributed by atoms with Crippen molar-refractivity contribution in [2.24, 2.45) is 5.92 Å². The van der Waals surface area contributed by atoms with Gasteiger partial charge in [-0.25, -0.2) is 14.9 Å². The lowest BCUT2D eigenvalue weighted by Gasteiger charge is -2.30. The van der Waals surface area contributed by atoms with Gasteiger partial charge in [0.05, 0.1) is 23.6 Å². The zero-order valence-electron chi connectivity index (χ0n) is 18.5. The third kappa shape index (κ3) is 4.89. The Hall–Kier alpha value is -3.30. The number of ether oxygens (including phenoxy) is 1. The summed E-state index contributed by atoms with van der Waals surface area (Å²) in [6.07, 6.45) is 0.470. The normalized spacial score (nSPS) is 18.8. The number of alkyl halides is 1. The van der Waals surface area contributed by atoms with Crippen LogP contribution in [0.2, 0.25) is 0 Å². The highest BCUT2D eigenvalue weighted by Crippen LogP contribution is 2.28. The smallest absolute Gasteiger partial charge is 0.251 e. The van der Waals surface area contributed by atoms with Gasteiger partial charge in [-0.1, -0.05) is 24.3 Å². The topological polar surface area (TPSA) is 105 Å². The minimum Gasteiger partial charge on any atom is -0.380 e. The van der Waals surface area contributed by atoms with Crippen LogP contribution in [0.4, 0.5) is 4.39 Å². The van der Waals surface area contributed by atoms with Gasteiger partial charge in [-0.05, 0) is 50.1 Å². The number of carbonyl (C=O) groups is 2. The molecular formula is C24H27FN4O4. The van der Waals surface area contributed by atoms with Crippen molar-refractivity contribution in [1.29, 1.82) is 0 Å². The molecule has 8 nitrogen and oxygen atoms in total. The molecule has 9 heteroatoms. The van der Waals surface area contributed by atoms with Crippen LogP contribution in [-0.4, -0.2) is 45.8 Å². The lowest BCUT2D eigenvalue weighted by atomic mass is 9.94. The monoisotopic (exact) mass is 454 g/mol. The Kier molecular flexibility index (Phi) is 6.44. The van der Waals surface area contributed by atoms with Crippen molar-refractivity contribution in [3.8, 4) is 0 Å². The highest BCUT2D eigenvalue weighted by Gasteiger charge is 2.33. The molecule has 3 N–H and O–H groups in total. The Balaban J connectivity index is 1.51. The molecule has 0 aliphatic carbocycles. The second-order valence-electron chi connectivity index (χ2n) is 8.71. The highest BCUT2D eigenvalue weighted by molar-refractivity contribution is 5.95. The third-order valence-corrected chi connectivity index (χ3v) is 5.86. The first kappa shape index (κ1) is 22.9. The van der Waals surface area contributed by atoms with Crippen molar-refractivity contribution in [2.75, 3.05) is 13.2 Å². The molecule has 1 saturated heterocycles. The fourth-order valence-electron chi connectivity index (χ4n) is 4.14. The molecule has 2 atom stereocenters. The van der Waals surface area contributed by atoms with E-state index in [2.05, 4.69) is 10.3 Å². The molecule has 2 heterocycles. The first-order valence-electron chi connectivity index (χ1n) is 10.8. The van der Waals surface area contributed by atoms with Gasteiger partial charge in [0.2, 0.25) is 0 Å². The van der Waals surface area contributed by atoms with Gasteiger partial charge in [-0.3, -0.25) is 14.8 Å². The lowest BCUT2D eigenvalue weighted by Crippen LogP contribution is -2.51. The average Bonchev–Trinajstić information content (AvgIpc) is 3.18. The fourth-order valence-corrected chi connectivity index (χ4v) is 4.14. The predicted molar refractivity (Wildman–Crippen MR) is 120 cm³/mol. The van der Waals surface area contributed by atoms with E-state index >= 15 is 0 Å². The maximum atomic E-state index is 14.8. The van der Waals surface area contributed by atoms with E-state index in [9.17, 15) is 14.0 Å². The van der Waals surface area contributed by atoms with Gasteiger partial charge in [-0.15, -0.1) is 0 Å². The van der Waals surface area contributed by atoms with E-state index in [-0.39, 0.29) is 12.5 Å². The predicted octanol–water partition coefficient (Wildman–Crippen LogP) is 2.93. The number of nitrogens with one attached hydrogen (secondary N) is 2. The van der Waals surface area contributed by atoms with Crippen molar-refractivity contribution in [3.05, 3.63) is 65.5 Å². The number of fused-ring (bicyclic) bond motifs is 1. The Labute approximate surface area is 190 Å². The molecule has 2 amide bonds. The molecule has 4 rings (SSSR count). The van der Waals surface area contributed by atoms with Crippen LogP contribution in [0.3, 0.4) is 0 Å². The largest absolute Gasteiger partial charge is 0.380 e. The molecule has 0 bridgehead atoms. The van der Waals surface area contributed by atoms with Crippen molar-refractivity contribution in [2.45, 2.75) is 38.5 Å². The van der Waals surface area contributed by atoms with Gasteiger partial charge in [0, 0.05) is 24.8 Å². The minimum absolute atomic E-state index is 0.127. The van der Waals surface area contributed by atoms with Crippen LogP contribution in [0.1, 0.15) is 42.0 Å². The number of hydrogen-bond acceptors (Lipinski definition) is 5. The summed E-state index contributed by atoms with van der Waals surface area (Å²) in [4.78, 5) is 29.1. The molecule has 1 aromatic heterocycles. The molecule has 174 valence electrons. The van der Waals surface area contributed by atoms with Crippen LogP contribution in [-0.2, 0) is 21.7 Å². The number of aromatic nitrogens is 2. The molecule has 33 heavy (non-hydrogen) atoms. The van der Waals surface area contributed by atoms with E-state index < -0.39 is 23.5 Å². The molecule has 0 spiro atoms. The number of nitrogens with zero attached hydrogens (tertiary/aromatic N) is 2. The second-order valence-corrected chi connectivity index (χ2v) is 8.71. The molecule has 1 fully saturated rings. The standard InChI is InChI=1S/C24H27FN4O4/c1-24(2,25)23-27-19-5-3-4-6-20(19)29(23)13-15-7-9-16(10-8-15)21(30)26-18-11-12-33-14-17(18)22(31)28-32/h3-10,17-18,32H,11-14H2,1-2H3,(H,26,30)(H,28,31)/t17-,18+/m0/s1. The van der Waals surface area contributed by atoms with Gasteiger partial charge in [0.15, 0.2) is 5.67 Å². The number of imidazole rings is 1. The van der Waals surface area contributed by atoms with Gasteiger partial charge < -0.3 is 14.6 Å². The zero-order chi connectivity index (χ0) is 23.6. The summed E-state index contributed by atoms with van der Waals surface area (Å²) >= 11 is 0. The lowest BCUT2D eigenvalue weighted by molar-refractivity contribution is -0.138. The number of hydroxylamine groups is 1. The Morgan fingerprint density at radius 1 is 1.21 bits per heavy atom. The van der Waals surface area contributed by atoms with Gasteiger partial charge in [0.1, 0.15) is 5.82 Å². The number of rotatable bonds is 6. The van der Waals surface area contributed by atoms with E-state index in [1.54, 1.807) is 17.6 Å². The SMILES string of the molecule is CC(C)(F)c1nc2ccccc2n1Cc1ccc(C(=O)N[C@@H]2CCOC[C@@H]2C(=O)NO)cc1. The minimum atomic E-state index is -1.61. The summed E-state index contributed by atoms with van der Waals surface area (Å²) in [5.41, 5.74) is 2.92. The highest BCUT2D eigenvalue weighted by atomic mass is 19.1. The van der Waals surface area contributed by atoms with E-state index in [4.69, 9.17) is 9.94 Å². The Morgan fingerprint density at radius 3 is 2.64 bits per heavy atom. The quantitative estimate of drug-likeness (QED) is 0.392. The Bertz CT molecular complexity index is 1150. The maximum absolute atomic E-state index is 14.8. The maximum Gasteiger partial charge on any atom is 0.251 e. The van der Waals surface area contributed by atoms with Crippen molar-refractivity contribution >= 4 is 22.8 Å². The Morgan fingerprint density at radius 2 is 1.94 bits per heavy atom. The summed E-state index contributed by atoms with van der Waals surface area (Å²) < 4.78 is 22.0. The van der Waals surface area contributed by atoms with Crippen LogP contribution in [0.25, 0.3) is 11.0 Å².